The van der Waals surface area contributed by atoms with E-state index in [0.29, 0.717) is 5.69 Å². The van der Waals surface area contributed by atoms with Crippen LogP contribution in [0, 0.1) is 0 Å². The van der Waals surface area contributed by atoms with Crippen molar-refractivity contribution < 1.29 is 4.79 Å². The van der Waals surface area contributed by atoms with Gasteiger partial charge in [-0.15, -0.1) is 10.2 Å². The average molecular weight is 234 g/mol. The number of hydrogen-bond acceptors (Lipinski definition) is 3. The maximum Gasteiger partial charge on any atom is 0.170 e. The highest BCUT2D eigenvalue weighted by molar-refractivity contribution is 6.01. The SMILES string of the molecule is O=Cc1nnc2ccccc2c1-c1ccccc1. The lowest BCUT2D eigenvalue weighted by Crippen LogP contribution is -1.97. The summed E-state index contributed by atoms with van der Waals surface area (Å²) < 4.78 is 0. The Hall–Kier alpha value is -2.55. The van der Waals surface area contributed by atoms with Gasteiger partial charge in [-0.25, -0.2) is 0 Å². The first-order valence-electron chi connectivity index (χ1n) is 5.66. The van der Waals surface area contributed by atoms with Gasteiger partial charge in [-0.1, -0.05) is 48.5 Å². The van der Waals surface area contributed by atoms with Crippen molar-refractivity contribution in [3.05, 3.63) is 60.3 Å². The average Bonchev–Trinajstić information content (AvgIpc) is 2.47. The molecule has 0 fully saturated rings. The van der Waals surface area contributed by atoms with Crippen LogP contribution < -0.4 is 0 Å². The Kier molecular flexibility index (Phi) is 2.57. The van der Waals surface area contributed by atoms with Gasteiger partial charge in [0.1, 0.15) is 5.69 Å². The standard InChI is InChI=1S/C15H10N2O/c18-10-14-15(11-6-2-1-3-7-11)12-8-4-5-9-13(12)16-17-14/h1-10H. The number of benzene rings is 2. The van der Waals surface area contributed by atoms with Gasteiger partial charge in [-0.05, 0) is 11.6 Å². The molecule has 0 spiro atoms. The summed E-state index contributed by atoms with van der Waals surface area (Å²) in [6.45, 7) is 0. The highest BCUT2D eigenvalue weighted by Gasteiger charge is 2.11. The molecule has 2 aromatic carbocycles. The number of rotatable bonds is 2. The van der Waals surface area contributed by atoms with E-state index in [-0.39, 0.29) is 0 Å². The third-order valence-corrected chi connectivity index (χ3v) is 2.87. The zero-order valence-electron chi connectivity index (χ0n) is 9.58. The van der Waals surface area contributed by atoms with Crippen LogP contribution in [0.5, 0.6) is 0 Å². The predicted molar refractivity (Wildman–Crippen MR) is 70.4 cm³/mol. The minimum absolute atomic E-state index is 0.375. The van der Waals surface area contributed by atoms with E-state index < -0.39 is 0 Å². The monoisotopic (exact) mass is 234 g/mol. The van der Waals surface area contributed by atoms with E-state index >= 15 is 0 Å². The Morgan fingerprint density at radius 3 is 2.33 bits per heavy atom. The molecule has 0 N–H and O–H groups in total. The summed E-state index contributed by atoms with van der Waals surface area (Å²) >= 11 is 0. The molecule has 3 nitrogen and oxygen atoms in total. The molecule has 0 amide bonds. The molecule has 1 heterocycles. The Bertz CT molecular complexity index is 708. The molecule has 0 radical (unpaired) electrons. The molecule has 0 saturated heterocycles. The topological polar surface area (TPSA) is 42.9 Å². The summed E-state index contributed by atoms with van der Waals surface area (Å²) in [7, 11) is 0. The van der Waals surface area contributed by atoms with Crippen molar-refractivity contribution in [2.45, 2.75) is 0 Å². The molecule has 0 aliphatic carbocycles. The fourth-order valence-corrected chi connectivity index (χ4v) is 2.06. The molecule has 0 aliphatic heterocycles. The fraction of sp³-hybridized carbons (Fsp3) is 0. The van der Waals surface area contributed by atoms with Crippen LogP contribution in [0.3, 0.4) is 0 Å². The van der Waals surface area contributed by atoms with Gasteiger partial charge in [-0.3, -0.25) is 4.79 Å². The van der Waals surface area contributed by atoms with Crippen molar-refractivity contribution in [3.63, 3.8) is 0 Å². The van der Waals surface area contributed by atoms with E-state index in [1.165, 1.54) is 0 Å². The van der Waals surface area contributed by atoms with E-state index in [1.807, 2.05) is 54.6 Å². The first kappa shape index (κ1) is 10.6. The highest BCUT2D eigenvalue weighted by Crippen LogP contribution is 2.28. The zero-order chi connectivity index (χ0) is 12.4. The molecular formula is C15H10N2O. The van der Waals surface area contributed by atoms with E-state index in [0.717, 1.165) is 28.3 Å². The first-order chi connectivity index (χ1) is 8.90. The molecule has 3 rings (SSSR count). The van der Waals surface area contributed by atoms with E-state index in [4.69, 9.17) is 0 Å². The fourth-order valence-electron chi connectivity index (χ4n) is 2.06. The van der Waals surface area contributed by atoms with Gasteiger partial charge in [0.15, 0.2) is 6.29 Å². The number of aromatic nitrogens is 2. The number of aldehydes is 1. The lowest BCUT2D eigenvalue weighted by atomic mass is 10.00. The third kappa shape index (κ3) is 1.66. The second kappa shape index (κ2) is 4.37. The van der Waals surface area contributed by atoms with Crippen molar-refractivity contribution in [3.8, 4) is 11.1 Å². The Morgan fingerprint density at radius 1 is 0.833 bits per heavy atom. The third-order valence-electron chi connectivity index (χ3n) is 2.87. The number of nitrogens with zero attached hydrogens (tertiary/aromatic N) is 2. The summed E-state index contributed by atoms with van der Waals surface area (Å²) in [5.41, 5.74) is 2.99. The minimum atomic E-state index is 0.375. The van der Waals surface area contributed by atoms with Crippen molar-refractivity contribution >= 4 is 17.2 Å². The molecule has 18 heavy (non-hydrogen) atoms. The summed E-state index contributed by atoms with van der Waals surface area (Å²) in [6.07, 6.45) is 0.752. The van der Waals surface area contributed by atoms with Crippen LogP contribution in [0.2, 0.25) is 0 Å². The molecular weight excluding hydrogens is 224 g/mol. The van der Waals surface area contributed by atoms with Crippen LogP contribution in [0.1, 0.15) is 10.5 Å². The lowest BCUT2D eigenvalue weighted by molar-refractivity contribution is 0.111. The summed E-state index contributed by atoms with van der Waals surface area (Å²) in [4.78, 5) is 11.1. The summed E-state index contributed by atoms with van der Waals surface area (Å²) in [5, 5.41) is 8.99. The molecule has 3 aromatic rings. The minimum Gasteiger partial charge on any atom is -0.296 e. The largest absolute Gasteiger partial charge is 0.296 e. The van der Waals surface area contributed by atoms with Crippen LogP contribution in [0.25, 0.3) is 22.0 Å². The molecule has 3 heteroatoms. The summed E-state index contributed by atoms with van der Waals surface area (Å²) in [5.74, 6) is 0. The molecule has 0 bridgehead atoms. The molecule has 0 atom stereocenters. The molecule has 86 valence electrons. The van der Waals surface area contributed by atoms with Crippen molar-refractivity contribution in [1.29, 1.82) is 0 Å². The lowest BCUT2D eigenvalue weighted by Gasteiger charge is -2.07. The van der Waals surface area contributed by atoms with Crippen LogP contribution >= 0.6 is 0 Å². The van der Waals surface area contributed by atoms with Crippen LogP contribution in [0.4, 0.5) is 0 Å². The summed E-state index contributed by atoms with van der Waals surface area (Å²) in [6, 6.07) is 17.5. The Labute approximate surface area is 104 Å². The predicted octanol–water partition coefficient (Wildman–Crippen LogP) is 3.11. The second-order valence-corrected chi connectivity index (χ2v) is 3.96. The number of fused-ring (bicyclic) bond motifs is 1. The van der Waals surface area contributed by atoms with Crippen LogP contribution in [-0.2, 0) is 0 Å². The molecule has 0 aliphatic rings. The van der Waals surface area contributed by atoms with Gasteiger partial charge in [0.2, 0.25) is 0 Å². The van der Waals surface area contributed by atoms with E-state index in [2.05, 4.69) is 10.2 Å². The van der Waals surface area contributed by atoms with Gasteiger partial charge >= 0.3 is 0 Å². The van der Waals surface area contributed by atoms with Crippen molar-refractivity contribution in [1.82, 2.24) is 10.2 Å². The van der Waals surface area contributed by atoms with Gasteiger partial charge in [0.05, 0.1) is 5.52 Å². The highest BCUT2D eigenvalue weighted by atomic mass is 16.1. The van der Waals surface area contributed by atoms with E-state index in [9.17, 15) is 4.79 Å². The maximum atomic E-state index is 11.1. The van der Waals surface area contributed by atoms with Crippen LogP contribution in [0.15, 0.2) is 54.6 Å². The number of hydrogen-bond donors (Lipinski definition) is 0. The molecule has 0 saturated carbocycles. The van der Waals surface area contributed by atoms with Gasteiger partial charge in [-0.2, -0.15) is 0 Å². The van der Waals surface area contributed by atoms with E-state index in [1.54, 1.807) is 0 Å². The second-order valence-electron chi connectivity index (χ2n) is 3.96. The smallest absolute Gasteiger partial charge is 0.170 e. The van der Waals surface area contributed by atoms with Gasteiger partial charge in [0, 0.05) is 10.9 Å². The Balaban J connectivity index is 2.41. The van der Waals surface area contributed by atoms with Gasteiger partial charge < -0.3 is 0 Å². The normalized spacial score (nSPS) is 10.4. The quantitative estimate of drug-likeness (QED) is 0.640. The van der Waals surface area contributed by atoms with Crippen LogP contribution in [-0.4, -0.2) is 16.5 Å². The van der Waals surface area contributed by atoms with Crippen molar-refractivity contribution in [2.75, 3.05) is 0 Å². The zero-order valence-corrected chi connectivity index (χ0v) is 9.58. The number of carbonyl (C=O) groups is 1. The molecule has 1 aromatic heterocycles. The van der Waals surface area contributed by atoms with Crippen molar-refractivity contribution in [2.24, 2.45) is 0 Å². The molecule has 0 unspecified atom stereocenters. The van der Waals surface area contributed by atoms with Gasteiger partial charge in [0.25, 0.3) is 0 Å². The first-order valence-corrected chi connectivity index (χ1v) is 5.66. The maximum absolute atomic E-state index is 11.1. The number of carbonyl (C=O) groups excluding carboxylic acids is 1. The Morgan fingerprint density at radius 2 is 1.56 bits per heavy atom.